The van der Waals surface area contributed by atoms with E-state index in [0.717, 1.165) is 6.32 Å². The lowest BCUT2D eigenvalue weighted by atomic mass is 9.69. The fourth-order valence-corrected chi connectivity index (χ4v) is 4.11. The number of rotatable bonds is 3. The molecule has 1 atom stereocenters. The van der Waals surface area contributed by atoms with Crippen molar-refractivity contribution in [3.8, 4) is 0 Å². The van der Waals surface area contributed by atoms with Crippen LogP contribution in [0, 0.1) is 5.92 Å². The summed E-state index contributed by atoms with van der Waals surface area (Å²) in [6, 6.07) is 4.33. The van der Waals surface area contributed by atoms with E-state index < -0.39 is 0 Å². The van der Waals surface area contributed by atoms with E-state index in [-0.39, 0.29) is 18.3 Å². The molecule has 4 heteroatoms. The van der Waals surface area contributed by atoms with Gasteiger partial charge in [0.15, 0.2) is 0 Å². The molecule has 22 heavy (non-hydrogen) atoms. The van der Waals surface area contributed by atoms with Crippen molar-refractivity contribution in [2.75, 3.05) is 0 Å². The Morgan fingerprint density at radius 1 is 1.23 bits per heavy atom. The van der Waals surface area contributed by atoms with Crippen LogP contribution in [0.4, 0.5) is 0 Å². The summed E-state index contributed by atoms with van der Waals surface area (Å²) in [5, 5.41) is 2.15. The van der Waals surface area contributed by atoms with E-state index >= 15 is 0 Å². The zero-order chi connectivity index (χ0) is 15.8. The van der Waals surface area contributed by atoms with Gasteiger partial charge in [-0.25, -0.2) is 0 Å². The van der Waals surface area contributed by atoms with Crippen LogP contribution in [0.5, 0.6) is 0 Å². The first-order valence-corrected chi connectivity index (χ1v) is 9.35. The van der Waals surface area contributed by atoms with Crippen LogP contribution >= 0.6 is 11.3 Å². The van der Waals surface area contributed by atoms with Gasteiger partial charge in [0.2, 0.25) is 0 Å². The van der Waals surface area contributed by atoms with E-state index in [1.807, 2.05) is 11.3 Å². The van der Waals surface area contributed by atoms with Crippen LogP contribution in [0.3, 0.4) is 0 Å². The Balaban J connectivity index is 1.71. The quantitative estimate of drug-likeness (QED) is 0.693. The van der Waals surface area contributed by atoms with Crippen LogP contribution < -0.4 is 0 Å². The molecule has 1 unspecified atom stereocenters. The van der Waals surface area contributed by atoms with E-state index in [1.165, 1.54) is 30.6 Å². The molecule has 2 fully saturated rings. The van der Waals surface area contributed by atoms with Crippen molar-refractivity contribution in [2.24, 2.45) is 5.92 Å². The molecule has 1 aliphatic heterocycles. The Kier molecular flexibility index (Phi) is 4.55. The molecular formula is C18H27BO2S. The van der Waals surface area contributed by atoms with Gasteiger partial charge in [-0.2, -0.15) is 0 Å². The van der Waals surface area contributed by atoms with Gasteiger partial charge in [-0.05, 0) is 76.7 Å². The number of allylic oxidation sites excluding steroid dienone is 1. The van der Waals surface area contributed by atoms with Gasteiger partial charge in [-0.1, -0.05) is 18.1 Å². The highest BCUT2D eigenvalue weighted by Crippen LogP contribution is 2.42. The standard InChI is InChI=1S/C18H27BO2S/c1-17(2)18(3,4)21-19(20-17)13-15-9-6-5-8-14(15)12-16-10-7-11-22-16/h7,10-12,15H,5-6,8-9,13H2,1-4H3/b14-12+. The molecule has 0 radical (unpaired) electrons. The zero-order valence-electron chi connectivity index (χ0n) is 14.2. The van der Waals surface area contributed by atoms with E-state index in [4.69, 9.17) is 9.31 Å². The lowest BCUT2D eigenvalue weighted by Crippen LogP contribution is -2.41. The molecule has 2 nitrogen and oxygen atoms in total. The van der Waals surface area contributed by atoms with Gasteiger partial charge in [0.05, 0.1) is 11.2 Å². The average Bonchev–Trinajstić information content (AvgIpc) is 2.99. The van der Waals surface area contributed by atoms with Crippen LogP contribution in [0.25, 0.3) is 6.08 Å². The first-order chi connectivity index (χ1) is 10.4. The van der Waals surface area contributed by atoms with Crippen molar-refractivity contribution in [1.82, 2.24) is 0 Å². The normalized spacial score (nSPS) is 29.2. The number of hydrogen-bond acceptors (Lipinski definition) is 3. The molecule has 0 bridgehead atoms. The molecule has 1 aromatic rings. The number of thiophene rings is 1. The first-order valence-electron chi connectivity index (χ1n) is 8.47. The Bertz CT molecular complexity index is 517. The van der Waals surface area contributed by atoms with E-state index in [0.29, 0.717) is 5.92 Å². The average molecular weight is 318 g/mol. The monoisotopic (exact) mass is 318 g/mol. The maximum absolute atomic E-state index is 6.20. The van der Waals surface area contributed by atoms with Crippen molar-refractivity contribution in [2.45, 2.75) is 70.9 Å². The molecule has 0 amide bonds. The van der Waals surface area contributed by atoms with Gasteiger partial charge < -0.3 is 9.31 Å². The van der Waals surface area contributed by atoms with Gasteiger partial charge in [0.25, 0.3) is 0 Å². The summed E-state index contributed by atoms with van der Waals surface area (Å²) < 4.78 is 12.4. The van der Waals surface area contributed by atoms with Crippen LogP contribution in [0.1, 0.15) is 58.3 Å². The van der Waals surface area contributed by atoms with E-state index in [9.17, 15) is 0 Å². The van der Waals surface area contributed by atoms with Crippen molar-refractivity contribution in [3.05, 3.63) is 28.0 Å². The topological polar surface area (TPSA) is 18.5 Å². The van der Waals surface area contributed by atoms with Crippen molar-refractivity contribution < 1.29 is 9.31 Å². The van der Waals surface area contributed by atoms with Crippen LogP contribution in [-0.4, -0.2) is 18.3 Å². The second-order valence-electron chi connectivity index (χ2n) is 7.60. The Labute approximate surface area is 139 Å². The summed E-state index contributed by atoms with van der Waals surface area (Å²) >= 11 is 1.82. The SMILES string of the molecule is CC1(C)OB(CC2CCCC/C2=C\c2cccs2)OC1(C)C. The van der Waals surface area contributed by atoms with Crippen molar-refractivity contribution in [1.29, 1.82) is 0 Å². The molecule has 3 rings (SSSR count). The minimum atomic E-state index is -0.218. The Morgan fingerprint density at radius 2 is 1.95 bits per heavy atom. The fraction of sp³-hybridized carbons (Fsp3) is 0.667. The molecule has 1 saturated carbocycles. The van der Waals surface area contributed by atoms with Gasteiger partial charge in [-0.3, -0.25) is 0 Å². The predicted octanol–water partition coefficient (Wildman–Crippen LogP) is 5.41. The highest BCUT2D eigenvalue weighted by molar-refractivity contribution is 7.10. The van der Waals surface area contributed by atoms with Gasteiger partial charge in [0, 0.05) is 4.88 Å². The third-order valence-corrected chi connectivity index (χ3v) is 6.26. The third kappa shape index (κ3) is 3.34. The second-order valence-corrected chi connectivity index (χ2v) is 8.58. The molecule has 2 aliphatic rings. The molecule has 1 saturated heterocycles. The van der Waals surface area contributed by atoms with Gasteiger partial charge in [0.1, 0.15) is 0 Å². The maximum Gasteiger partial charge on any atom is 0.458 e. The summed E-state index contributed by atoms with van der Waals surface area (Å²) in [6.07, 6.45) is 8.52. The number of hydrogen-bond donors (Lipinski definition) is 0. The minimum absolute atomic E-state index is 0.0696. The fourth-order valence-electron chi connectivity index (χ4n) is 3.42. The summed E-state index contributed by atoms with van der Waals surface area (Å²) in [5.41, 5.74) is 1.15. The van der Waals surface area contributed by atoms with Gasteiger partial charge >= 0.3 is 7.12 Å². The molecule has 0 aromatic carbocycles. The lowest BCUT2D eigenvalue weighted by Gasteiger charge is -2.32. The molecule has 120 valence electrons. The summed E-state index contributed by atoms with van der Waals surface area (Å²) in [4.78, 5) is 1.37. The van der Waals surface area contributed by atoms with Crippen LogP contribution in [-0.2, 0) is 9.31 Å². The van der Waals surface area contributed by atoms with Crippen LogP contribution in [0.2, 0.25) is 6.32 Å². The highest BCUT2D eigenvalue weighted by atomic mass is 32.1. The van der Waals surface area contributed by atoms with Crippen molar-refractivity contribution >= 4 is 24.5 Å². The summed E-state index contributed by atoms with van der Waals surface area (Å²) in [5.74, 6) is 0.602. The Hall–Kier alpha value is -0.575. The zero-order valence-corrected chi connectivity index (χ0v) is 15.0. The first kappa shape index (κ1) is 16.3. The molecule has 1 aliphatic carbocycles. The van der Waals surface area contributed by atoms with Gasteiger partial charge in [-0.15, -0.1) is 11.3 Å². The smallest absolute Gasteiger partial charge is 0.403 e. The largest absolute Gasteiger partial charge is 0.458 e. The molecular weight excluding hydrogens is 291 g/mol. The lowest BCUT2D eigenvalue weighted by molar-refractivity contribution is 0.00578. The molecule has 2 heterocycles. The summed E-state index contributed by atoms with van der Waals surface area (Å²) in [7, 11) is -0.0696. The summed E-state index contributed by atoms with van der Waals surface area (Å²) in [6.45, 7) is 8.54. The van der Waals surface area contributed by atoms with Crippen LogP contribution in [0.15, 0.2) is 23.1 Å². The van der Waals surface area contributed by atoms with Crippen molar-refractivity contribution in [3.63, 3.8) is 0 Å². The highest BCUT2D eigenvalue weighted by Gasteiger charge is 2.51. The molecule has 0 spiro atoms. The third-order valence-electron chi connectivity index (χ3n) is 5.44. The maximum atomic E-state index is 6.20. The molecule has 0 N–H and O–H groups in total. The Morgan fingerprint density at radius 3 is 2.59 bits per heavy atom. The van der Waals surface area contributed by atoms with E-state index in [1.54, 1.807) is 5.57 Å². The predicted molar refractivity (Wildman–Crippen MR) is 95.1 cm³/mol. The minimum Gasteiger partial charge on any atom is -0.403 e. The molecule has 1 aromatic heterocycles. The van der Waals surface area contributed by atoms with E-state index in [2.05, 4.69) is 51.3 Å². The second kappa shape index (κ2) is 6.14.